The minimum atomic E-state index is -0.724. The summed E-state index contributed by atoms with van der Waals surface area (Å²) in [6.45, 7) is 5.67. The number of carbonyl (C=O) groups excluding carboxylic acids is 2. The molecule has 0 radical (unpaired) electrons. The van der Waals surface area contributed by atoms with Gasteiger partial charge in [0.15, 0.2) is 12.3 Å². The molecule has 2 rings (SSSR count). The van der Waals surface area contributed by atoms with Crippen molar-refractivity contribution in [3.63, 3.8) is 0 Å². The van der Waals surface area contributed by atoms with Gasteiger partial charge in [0.25, 0.3) is 11.5 Å². The van der Waals surface area contributed by atoms with Crippen molar-refractivity contribution >= 4 is 22.6 Å². The molecule has 1 N–H and O–H groups in total. The molecule has 0 aliphatic rings. The Labute approximate surface area is 146 Å². The molecule has 1 heterocycles. The molecule has 0 atom stereocenters. The van der Waals surface area contributed by atoms with Gasteiger partial charge in [-0.15, -0.1) is 0 Å². The molecule has 0 aliphatic heterocycles. The number of ether oxygens (including phenoxy) is 1. The summed E-state index contributed by atoms with van der Waals surface area (Å²) in [5.74, 6) is -1.08. The zero-order valence-corrected chi connectivity index (χ0v) is 14.7. The predicted octanol–water partition coefficient (Wildman–Crippen LogP) is 1.88. The average Bonchev–Trinajstić information content (AvgIpc) is 2.64. The number of fused-ring (bicyclic) bond motifs is 1. The van der Waals surface area contributed by atoms with Crippen LogP contribution in [0.4, 0.5) is 0 Å². The molecular formula is C18H23N3O4. The third-order valence-corrected chi connectivity index (χ3v) is 4.05. The van der Waals surface area contributed by atoms with Crippen molar-refractivity contribution in [2.45, 2.75) is 46.2 Å². The largest absolute Gasteiger partial charge is 0.451 e. The lowest BCUT2D eigenvalue weighted by atomic mass is 10.1. The topological polar surface area (TPSA) is 90.3 Å². The lowest BCUT2D eigenvalue weighted by molar-refractivity contribution is -0.125. The average molecular weight is 345 g/mol. The van der Waals surface area contributed by atoms with Gasteiger partial charge in [0.05, 0.1) is 5.39 Å². The van der Waals surface area contributed by atoms with Crippen molar-refractivity contribution in [3.05, 3.63) is 40.3 Å². The first-order valence-corrected chi connectivity index (χ1v) is 8.48. The molecule has 134 valence electrons. The Morgan fingerprint density at radius 1 is 1.16 bits per heavy atom. The second kappa shape index (κ2) is 8.41. The number of aryl methyl sites for hydroxylation is 1. The maximum absolute atomic E-state index is 12.4. The Kier molecular flexibility index (Phi) is 6.27. The Morgan fingerprint density at radius 2 is 1.80 bits per heavy atom. The fourth-order valence-corrected chi connectivity index (χ4v) is 2.56. The van der Waals surface area contributed by atoms with Crippen molar-refractivity contribution in [3.8, 4) is 0 Å². The van der Waals surface area contributed by atoms with Gasteiger partial charge in [-0.2, -0.15) is 5.10 Å². The van der Waals surface area contributed by atoms with E-state index in [0.717, 1.165) is 12.8 Å². The minimum absolute atomic E-state index is 0.0346. The summed E-state index contributed by atoms with van der Waals surface area (Å²) >= 11 is 0. The van der Waals surface area contributed by atoms with Crippen LogP contribution in [-0.2, 0) is 16.1 Å². The van der Waals surface area contributed by atoms with Gasteiger partial charge in [0, 0.05) is 18.0 Å². The summed E-state index contributed by atoms with van der Waals surface area (Å²) in [7, 11) is 0. The molecule has 1 aromatic carbocycles. The number of esters is 1. The van der Waals surface area contributed by atoms with Crippen LogP contribution in [0.1, 0.15) is 44.1 Å². The number of benzene rings is 1. The van der Waals surface area contributed by atoms with Crippen molar-refractivity contribution in [1.29, 1.82) is 0 Å². The normalized spacial score (nSPS) is 10.9. The quantitative estimate of drug-likeness (QED) is 0.774. The SMILES string of the molecule is CCC(CC)NC(=O)COC(=O)c1nn(CC)c(=O)c2ccccc12. The van der Waals surface area contributed by atoms with Crippen molar-refractivity contribution < 1.29 is 14.3 Å². The molecule has 0 saturated heterocycles. The number of hydrogen-bond donors (Lipinski definition) is 1. The van der Waals surface area contributed by atoms with E-state index in [2.05, 4.69) is 10.4 Å². The monoisotopic (exact) mass is 345 g/mol. The molecule has 1 aromatic heterocycles. The first-order valence-electron chi connectivity index (χ1n) is 8.48. The lowest BCUT2D eigenvalue weighted by Gasteiger charge is -2.14. The maximum Gasteiger partial charge on any atom is 0.359 e. The summed E-state index contributed by atoms with van der Waals surface area (Å²) in [6, 6.07) is 6.79. The zero-order valence-electron chi connectivity index (χ0n) is 14.7. The highest BCUT2D eigenvalue weighted by Gasteiger charge is 2.19. The zero-order chi connectivity index (χ0) is 18.4. The third-order valence-electron chi connectivity index (χ3n) is 4.05. The van der Waals surface area contributed by atoms with Crippen LogP contribution < -0.4 is 10.9 Å². The van der Waals surface area contributed by atoms with Crippen LogP contribution >= 0.6 is 0 Å². The van der Waals surface area contributed by atoms with Crippen LogP contribution in [0, 0.1) is 0 Å². The lowest BCUT2D eigenvalue weighted by Crippen LogP contribution is -2.37. The smallest absolute Gasteiger partial charge is 0.359 e. The van der Waals surface area contributed by atoms with Crippen LogP contribution in [0.15, 0.2) is 29.1 Å². The summed E-state index contributed by atoms with van der Waals surface area (Å²) in [5.41, 5.74) is -0.228. The molecule has 2 aromatic rings. The summed E-state index contributed by atoms with van der Waals surface area (Å²) < 4.78 is 6.31. The highest BCUT2D eigenvalue weighted by Crippen LogP contribution is 2.14. The second-order valence-electron chi connectivity index (χ2n) is 5.67. The van der Waals surface area contributed by atoms with Crippen LogP contribution in [0.25, 0.3) is 10.8 Å². The van der Waals surface area contributed by atoms with E-state index in [9.17, 15) is 14.4 Å². The van der Waals surface area contributed by atoms with Crippen LogP contribution in [0.2, 0.25) is 0 Å². The Balaban J connectivity index is 2.21. The number of nitrogens with zero attached hydrogens (tertiary/aromatic N) is 2. The predicted molar refractivity (Wildman–Crippen MR) is 94.5 cm³/mol. The van der Waals surface area contributed by atoms with Crippen LogP contribution in [0.3, 0.4) is 0 Å². The first-order chi connectivity index (χ1) is 12.0. The third kappa shape index (κ3) is 4.23. The fourth-order valence-electron chi connectivity index (χ4n) is 2.56. The molecule has 0 spiro atoms. The van der Waals surface area contributed by atoms with Gasteiger partial charge in [-0.3, -0.25) is 9.59 Å². The van der Waals surface area contributed by atoms with Gasteiger partial charge in [-0.05, 0) is 25.8 Å². The van der Waals surface area contributed by atoms with Gasteiger partial charge in [-0.25, -0.2) is 9.48 Å². The second-order valence-corrected chi connectivity index (χ2v) is 5.67. The van der Waals surface area contributed by atoms with Gasteiger partial charge in [0.1, 0.15) is 0 Å². The molecule has 1 amide bonds. The Hall–Kier alpha value is -2.70. The number of rotatable bonds is 7. The maximum atomic E-state index is 12.4. The summed E-state index contributed by atoms with van der Waals surface area (Å²) in [4.78, 5) is 36.5. The van der Waals surface area contributed by atoms with Gasteiger partial charge in [-0.1, -0.05) is 32.0 Å². The molecule has 7 heteroatoms. The molecule has 25 heavy (non-hydrogen) atoms. The number of aromatic nitrogens is 2. The first kappa shape index (κ1) is 18.6. The van der Waals surface area contributed by atoms with E-state index in [1.165, 1.54) is 4.68 Å². The van der Waals surface area contributed by atoms with Gasteiger partial charge < -0.3 is 10.1 Å². The van der Waals surface area contributed by atoms with E-state index in [4.69, 9.17) is 4.74 Å². The molecule has 0 unspecified atom stereocenters. The van der Waals surface area contributed by atoms with E-state index in [1.54, 1.807) is 31.2 Å². The highest BCUT2D eigenvalue weighted by molar-refractivity contribution is 6.02. The molecule has 0 saturated carbocycles. The van der Waals surface area contributed by atoms with Crippen LogP contribution in [-0.4, -0.2) is 34.3 Å². The van der Waals surface area contributed by atoms with E-state index < -0.39 is 5.97 Å². The van der Waals surface area contributed by atoms with Gasteiger partial charge >= 0.3 is 5.97 Å². The molecular weight excluding hydrogens is 322 g/mol. The number of hydrogen-bond acceptors (Lipinski definition) is 5. The van der Waals surface area contributed by atoms with Gasteiger partial charge in [0.2, 0.25) is 0 Å². The molecule has 7 nitrogen and oxygen atoms in total. The Morgan fingerprint density at radius 3 is 2.40 bits per heavy atom. The van der Waals surface area contributed by atoms with E-state index in [-0.39, 0.29) is 29.8 Å². The number of amides is 1. The molecule has 0 aliphatic carbocycles. The summed E-state index contributed by atoms with van der Waals surface area (Å²) in [5, 5.41) is 7.70. The standard InChI is InChI=1S/C18H23N3O4/c1-4-12(5-2)19-15(22)11-25-18(24)16-13-9-7-8-10-14(13)17(23)21(6-3)20-16/h7-10,12H,4-6,11H2,1-3H3,(H,19,22). The van der Waals surface area contributed by atoms with E-state index in [1.807, 2.05) is 13.8 Å². The fraction of sp³-hybridized carbons (Fsp3) is 0.444. The van der Waals surface area contributed by atoms with Crippen molar-refractivity contribution in [2.75, 3.05) is 6.61 Å². The minimum Gasteiger partial charge on any atom is -0.451 e. The van der Waals surface area contributed by atoms with Crippen LogP contribution in [0.5, 0.6) is 0 Å². The van der Waals surface area contributed by atoms with E-state index >= 15 is 0 Å². The number of nitrogens with one attached hydrogen (secondary N) is 1. The summed E-state index contributed by atoms with van der Waals surface area (Å²) in [6.07, 6.45) is 1.62. The molecule has 0 fully saturated rings. The number of carbonyl (C=O) groups is 2. The Bertz CT molecular complexity index is 825. The van der Waals surface area contributed by atoms with Crippen molar-refractivity contribution in [1.82, 2.24) is 15.1 Å². The van der Waals surface area contributed by atoms with Crippen molar-refractivity contribution in [2.24, 2.45) is 0 Å². The van der Waals surface area contributed by atoms with E-state index in [0.29, 0.717) is 17.3 Å². The molecule has 0 bridgehead atoms. The highest BCUT2D eigenvalue weighted by atomic mass is 16.5.